The Balaban J connectivity index is 2.08. The molecule has 1 rings (SSSR count). The van der Waals surface area contributed by atoms with E-state index in [2.05, 4.69) is 20.9 Å². The number of carbonyl (C=O) groups is 2. The van der Waals surface area contributed by atoms with E-state index in [0.29, 0.717) is 58.7 Å². The molecule has 0 aromatic carbocycles. The van der Waals surface area contributed by atoms with Crippen LogP contribution in [0, 0.1) is 11.5 Å². The summed E-state index contributed by atoms with van der Waals surface area (Å²) in [5.74, 6) is 0.382. The van der Waals surface area contributed by atoms with Gasteiger partial charge < -0.3 is 43.8 Å². The van der Waals surface area contributed by atoms with Crippen LogP contribution in [0.25, 0.3) is 0 Å². The third-order valence-electron chi connectivity index (χ3n) is 6.81. The second-order valence-corrected chi connectivity index (χ2v) is 12.4. The first-order chi connectivity index (χ1) is 24.2. The summed E-state index contributed by atoms with van der Waals surface area (Å²) in [6, 6.07) is 3.57. The molecule has 15 heteroatoms. The zero-order chi connectivity index (χ0) is 36.5. The molecule has 0 atom stereocenters. The highest BCUT2D eigenvalue weighted by Gasteiger charge is 2.15. The molecule has 0 unspecified atom stereocenters. The number of unbranched alkanes of at least 4 members (excludes halogenated alkanes) is 9. The molecule has 0 aliphatic rings. The molecule has 0 aliphatic heterocycles. The molecule has 0 bridgehead atoms. The number of ether oxygens (including phenoxy) is 7. The van der Waals surface area contributed by atoms with Crippen LogP contribution in [0.3, 0.4) is 0 Å². The molecule has 0 fully saturated rings. The standard InChI is InChI=1S/C35H60N6O9/c1-35(2,3)50-33(42)38-18-14-12-10-8-6-5-7-9-11-13-17-37-32(39-29-36)40-31-15-19-41(20-16-31)30-49-34(43)48-28-27-47-26-25-46-24-23-45-22-21-44-4/h15-16,19-20H,5-14,17-18,21-28,30H2,1-4H3,(H2,37,38,39,42)/p+1. The van der Waals surface area contributed by atoms with Gasteiger partial charge >= 0.3 is 12.2 Å². The number of nitriles is 1. The van der Waals surface area contributed by atoms with Crippen LogP contribution in [0.2, 0.25) is 0 Å². The van der Waals surface area contributed by atoms with Gasteiger partial charge in [0.25, 0.3) is 6.73 Å². The lowest BCUT2D eigenvalue weighted by molar-refractivity contribution is -0.727. The summed E-state index contributed by atoms with van der Waals surface area (Å²) in [6.45, 7) is 9.99. The van der Waals surface area contributed by atoms with E-state index in [4.69, 9.17) is 38.4 Å². The number of pyridine rings is 1. The lowest BCUT2D eigenvalue weighted by Crippen LogP contribution is -2.36. The van der Waals surface area contributed by atoms with Crippen molar-refractivity contribution in [3.63, 3.8) is 0 Å². The largest absolute Gasteiger partial charge is 0.513 e. The average Bonchev–Trinajstić information content (AvgIpc) is 3.07. The topological polar surface area (TPSA) is 175 Å². The lowest BCUT2D eigenvalue weighted by atomic mass is 10.1. The van der Waals surface area contributed by atoms with Crippen molar-refractivity contribution in [2.45, 2.75) is 97.3 Å². The number of aromatic nitrogens is 1. The average molecular weight is 710 g/mol. The predicted molar refractivity (Wildman–Crippen MR) is 188 cm³/mol. The van der Waals surface area contributed by atoms with Gasteiger partial charge in [-0.2, -0.15) is 9.83 Å². The number of rotatable bonds is 28. The number of guanidine groups is 1. The van der Waals surface area contributed by atoms with Crippen LogP contribution in [0.5, 0.6) is 0 Å². The quantitative estimate of drug-likeness (QED) is 0.0201. The fraction of sp³-hybridized carbons (Fsp3) is 0.743. The molecule has 1 aromatic rings. The molecule has 1 amide bonds. The minimum atomic E-state index is -0.793. The number of carbonyl (C=O) groups excluding carboxylic acids is 2. The number of hydrogen-bond donors (Lipinski definition) is 3. The summed E-state index contributed by atoms with van der Waals surface area (Å²) in [6.07, 6.45) is 15.6. The highest BCUT2D eigenvalue weighted by atomic mass is 16.7. The number of hydrogen-bond acceptors (Lipinski definition) is 11. The van der Waals surface area contributed by atoms with Gasteiger partial charge in [-0.1, -0.05) is 51.4 Å². The number of nitrogens with zero attached hydrogens (tertiary/aromatic N) is 3. The van der Waals surface area contributed by atoms with E-state index in [-0.39, 0.29) is 26.0 Å². The monoisotopic (exact) mass is 709 g/mol. The van der Waals surface area contributed by atoms with Gasteiger partial charge in [-0.3, -0.25) is 10.3 Å². The highest BCUT2D eigenvalue weighted by Crippen LogP contribution is 2.11. The van der Waals surface area contributed by atoms with Crippen LogP contribution in [0.15, 0.2) is 29.5 Å². The number of amides is 1. The molecule has 1 aromatic heterocycles. The second kappa shape index (κ2) is 30.1. The Morgan fingerprint density at radius 3 is 1.88 bits per heavy atom. The van der Waals surface area contributed by atoms with Crippen molar-refractivity contribution in [2.75, 3.05) is 78.4 Å². The molecule has 0 radical (unpaired) electrons. The van der Waals surface area contributed by atoms with Crippen molar-refractivity contribution in [1.29, 1.82) is 5.26 Å². The van der Waals surface area contributed by atoms with Crippen LogP contribution in [0.4, 0.5) is 15.3 Å². The molecule has 0 saturated heterocycles. The number of alkyl carbamates (subject to hydrolysis) is 1. The number of aliphatic imine (C=N–C) groups is 1. The van der Waals surface area contributed by atoms with Gasteiger partial charge in [0, 0.05) is 32.3 Å². The molecule has 3 N–H and O–H groups in total. The molecule has 1 heterocycles. The fourth-order valence-corrected chi connectivity index (χ4v) is 4.31. The summed E-state index contributed by atoms with van der Waals surface area (Å²) in [5, 5.41) is 17.6. The van der Waals surface area contributed by atoms with E-state index in [1.165, 1.54) is 32.1 Å². The summed E-state index contributed by atoms with van der Waals surface area (Å²) in [4.78, 5) is 28.0. The van der Waals surface area contributed by atoms with Gasteiger partial charge in [-0.25, -0.2) is 9.59 Å². The van der Waals surface area contributed by atoms with Gasteiger partial charge in [0.05, 0.1) is 51.9 Å². The van der Waals surface area contributed by atoms with Crippen LogP contribution >= 0.6 is 0 Å². The number of nitrogens with one attached hydrogen (secondary N) is 3. The maximum Gasteiger partial charge on any atom is 0.513 e. The molecular formula is C35H61N6O9+. The van der Waals surface area contributed by atoms with E-state index >= 15 is 0 Å². The van der Waals surface area contributed by atoms with E-state index in [9.17, 15) is 9.59 Å². The molecule has 15 nitrogen and oxygen atoms in total. The fourth-order valence-electron chi connectivity index (χ4n) is 4.31. The summed E-state index contributed by atoms with van der Waals surface area (Å²) >= 11 is 0. The Bertz CT molecular complexity index is 1080. The Hall–Kier alpha value is -3.71. The molecule has 0 aliphatic carbocycles. The minimum absolute atomic E-state index is 0.0211. The lowest BCUT2D eigenvalue weighted by Gasteiger charge is -2.19. The van der Waals surface area contributed by atoms with Crippen molar-refractivity contribution in [1.82, 2.24) is 10.6 Å². The number of methoxy groups -OCH3 is 1. The van der Waals surface area contributed by atoms with E-state index in [0.717, 1.165) is 37.8 Å². The van der Waals surface area contributed by atoms with Gasteiger partial charge in [0.1, 0.15) is 12.2 Å². The summed E-state index contributed by atoms with van der Waals surface area (Å²) in [7, 11) is 1.62. The van der Waals surface area contributed by atoms with Crippen molar-refractivity contribution < 1.29 is 47.3 Å². The van der Waals surface area contributed by atoms with Crippen LogP contribution < -0.4 is 20.5 Å². The Morgan fingerprint density at radius 2 is 1.32 bits per heavy atom. The second-order valence-electron chi connectivity index (χ2n) is 12.4. The maximum atomic E-state index is 11.9. The molecule has 0 saturated carbocycles. The zero-order valence-electron chi connectivity index (χ0n) is 30.7. The zero-order valence-corrected chi connectivity index (χ0v) is 30.7. The minimum Gasteiger partial charge on any atom is -0.444 e. The summed E-state index contributed by atoms with van der Waals surface area (Å²) < 4.78 is 37.9. The first kappa shape index (κ1) is 44.3. The van der Waals surface area contributed by atoms with E-state index in [1.54, 1.807) is 36.2 Å². The van der Waals surface area contributed by atoms with Crippen LogP contribution in [-0.4, -0.2) is 96.9 Å². The molecule has 50 heavy (non-hydrogen) atoms. The van der Waals surface area contributed by atoms with Crippen molar-refractivity contribution >= 4 is 23.9 Å². The van der Waals surface area contributed by atoms with E-state index in [1.807, 2.05) is 27.0 Å². The smallest absolute Gasteiger partial charge is 0.444 e. The van der Waals surface area contributed by atoms with Gasteiger partial charge in [0.15, 0.2) is 18.6 Å². The molecule has 0 spiro atoms. The SMILES string of the molecule is COCCOCCOCCOCCOC(=O)OC[n+]1ccc(N/C(=N\CCCCCCCCCCCCNC(=O)OC(C)(C)C)NC#N)cc1. The Morgan fingerprint density at radius 1 is 0.780 bits per heavy atom. The third-order valence-corrected chi connectivity index (χ3v) is 6.81. The van der Waals surface area contributed by atoms with Crippen LogP contribution in [0.1, 0.15) is 85.0 Å². The van der Waals surface area contributed by atoms with Crippen molar-refractivity contribution in [3.05, 3.63) is 24.5 Å². The number of anilines is 1. The van der Waals surface area contributed by atoms with Gasteiger partial charge in [0.2, 0.25) is 5.96 Å². The first-order valence-electron chi connectivity index (χ1n) is 17.7. The molecular weight excluding hydrogens is 648 g/mol. The van der Waals surface area contributed by atoms with Crippen molar-refractivity contribution in [2.24, 2.45) is 4.99 Å². The summed E-state index contributed by atoms with van der Waals surface area (Å²) in [5.41, 5.74) is 0.264. The van der Waals surface area contributed by atoms with E-state index < -0.39 is 11.8 Å². The maximum absolute atomic E-state index is 11.9. The highest BCUT2D eigenvalue weighted by molar-refractivity contribution is 5.94. The van der Waals surface area contributed by atoms with Gasteiger partial charge in [-0.15, -0.1) is 0 Å². The first-order valence-corrected chi connectivity index (χ1v) is 17.7. The van der Waals surface area contributed by atoms with Crippen LogP contribution in [-0.2, 0) is 39.9 Å². The predicted octanol–water partition coefficient (Wildman–Crippen LogP) is 5.05. The Labute approximate surface area is 298 Å². The Kier molecular flexibility index (Phi) is 26.7. The normalized spacial score (nSPS) is 11.5. The van der Waals surface area contributed by atoms with Gasteiger partial charge in [-0.05, 0) is 33.6 Å². The third kappa shape index (κ3) is 28.2. The molecule has 284 valence electrons. The van der Waals surface area contributed by atoms with Crippen molar-refractivity contribution in [3.8, 4) is 6.19 Å².